The van der Waals surface area contributed by atoms with Crippen molar-refractivity contribution < 1.29 is 22.6 Å². The van der Waals surface area contributed by atoms with Crippen LogP contribution in [0.1, 0.15) is 25.0 Å². The highest BCUT2D eigenvalue weighted by Crippen LogP contribution is 2.25. The fraction of sp³-hybridized carbons (Fsp3) is 0.538. The van der Waals surface area contributed by atoms with Crippen LogP contribution in [0.15, 0.2) is 24.3 Å². The number of rotatable bonds is 6. The third kappa shape index (κ3) is 5.48. The van der Waals surface area contributed by atoms with E-state index in [2.05, 4.69) is 0 Å². The Morgan fingerprint density at radius 2 is 1.79 bits per heavy atom. The van der Waals surface area contributed by atoms with Gasteiger partial charge >= 0.3 is 6.18 Å². The molecule has 108 valence electrons. The van der Waals surface area contributed by atoms with E-state index >= 15 is 0 Å². The number of halogens is 3. The smallest absolute Gasteiger partial charge is 0.391 e. The number of alkyl halides is 3. The highest BCUT2D eigenvalue weighted by atomic mass is 19.4. The standard InChI is InChI=1S/C13H18F3NO2/c1-9(17)12(19-8-7-13(14,15)16)10-3-5-11(18-2)6-4-10/h3-6,9,12H,7-8,17H2,1-2H3. The van der Waals surface area contributed by atoms with Crippen LogP contribution in [0.5, 0.6) is 5.75 Å². The van der Waals surface area contributed by atoms with Crippen LogP contribution in [0.25, 0.3) is 0 Å². The quantitative estimate of drug-likeness (QED) is 0.869. The van der Waals surface area contributed by atoms with Gasteiger partial charge in [0.25, 0.3) is 0 Å². The Hall–Kier alpha value is -1.27. The normalized spacial score (nSPS) is 15.1. The lowest BCUT2D eigenvalue weighted by atomic mass is 10.0. The van der Waals surface area contributed by atoms with E-state index in [9.17, 15) is 13.2 Å². The largest absolute Gasteiger partial charge is 0.497 e. The summed E-state index contributed by atoms with van der Waals surface area (Å²) in [6.45, 7) is 1.30. The summed E-state index contributed by atoms with van der Waals surface area (Å²) in [5, 5.41) is 0. The van der Waals surface area contributed by atoms with Crippen LogP contribution in [0, 0.1) is 0 Å². The van der Waals surface area contributed by atoms with Crippen molar-refractivity contribution >= 4 is 0 Å². The predicted molar refractivity (Wildman–Crippen MR) is 66.0 cm³/mol. The predicted octanol–water partition coefficient (Wildman–Crippen LogP) is 3.05. The van der Waals surface area contributed by atoms with Crippen LogP contribution in [-0.4, -0.2) is 25.9 Å². The van der Waals surface area contributed by atoms with E-state index in [4.69, 9.17) is 15.2 Å². The second-order valence-electron chi connectivity index (χ2n) is 4.29. The third-order valence-corrected chi connectivity index (χ3v) is 2.60. The number of ether oxygens (including phenoxy) is 2. The monoisotopic (exact) mass is 277 g/mol. The molecular formula is C13H18F3NO2. The molecule has 0 saturated carbocycles. The SMILES string of the molecule is COc1ccc(C(OCCC(F)(F)F)C(C)N)cc1. The Kier molecular flexibility index (Phi) is 5.62. The molecule has 0 saturated heterocycles. The van der Waals surface area contributed by atoms with E-state index in [-0.39, 0.29) is 0 Å². The maximum Gasteiger partial charge on any atom is 0.391 e. The molecule has 19 heavy (non-hydrogen) atoms. The molecule has 0 amide bonds. The van der Waals surface area contributed by atoms with Crippen molar-refractivity contribution in [3.8, 4) is 5.75 Å². The molecule has 0 heterocycles. The first-order chi connectivity index (χ1) is 8.83. The minimum Gasteiger partial charge on any atom is -0.497 e. The molecule has 0 radical (unpaired) electrons. The van der Waals surface area contributed by atoms with Gasteiger partial charge in [-0.15, -0.1) is 0 Å². The van der Waals surface area contributed by atoms with Gasteiger partial charge in [-0.05, 0) is 24.6 Å². The van der Waals surface area contributed by atoms with Crippen molar-refractivity contribution in [3.05, 3.63) is 29.8 Å². The second-order valence-corrected chi connectivity index (χ2v) is 4.29. The van der Waals surface area contributed by atoms with Gasteiger partial charge in [-0.3, -0.25) is 0 Å². The van der Waals surface area contributed by atoms with Crippen LogP contribution in [0.3, 0.4) is 0 Å². The van der Waals surface area contributed by atoms with Crippen molar-refractivity contribution in [2.24, 2.45) is 5.73 Å². The summed E-state index contributed by atoms with van der Waals surface area (Å²) >= 11 is 0. The summed E-state index contributed by atoms with van der Waals surface area (Å²) in [4.78, 5) is 0. The zero-order valence-corrected chi connectivity index (χ0v) is 10.9. The van der Waals surface area contributed by atoms with E-state index < -0.39 is 31.3 Å². The second kappa shape index (κ2) is 6.77. The molecule has 0 aliphatic heterocycles. The Balaban J connectivity index is 2.66. The van der Waals surface area contributed by atoms with Crippen molar-refractivity contribution in [3.63, 3.8) is 0 Å². The molecule has 6 heteroatoms. The number of hydrogen-bond acceptors (Lipinski definition) is 3. The molecule has 2 unspecified atom stereocenters. The molecule has 1 aromatic rings. The van der Waals surface area contributed by atoms with Gasteiger partial charge in [0.15, 0.2) is 0 Å². The van der Waals surface area contributed by atoms with Crippen molar-refractivity contribution in [2.75, 3.05) is 13.7 Å². The van der Waals surface area contributed by atoms with Gasteiger partial charge in [0.1, 0.15) is 5.75 Å². The molecule has 1 aromatic carbocycles. The van der Waals surface area contributed by atoms with Crippen LogP contribution in [-0.2, 0) is 4.74 Å². The first-order valence-electron chi connectivity index (χ1n) is 5.91. The van der Waals surface area contributed by atoms with Crippen LogP contribution in [0.4, 0.5) is 13.2 Å². The van der Waals surface area contributed by atoms with Gasteiger partial charge in [0.05, 0.1) is 26.2 Å². The molecule has 0 spiro atoms. The van der Waals surface area contributed by atoms with Gasteiger partial charge < -0.3 is 15.2 Å². The van der Waals surface area contributed by atoms with Crippen molar-refractivity contribution in [2.45, 2.75) is 31.7 Å². The van der Waals surface area contributed by atoms with E-state index in [1.165, 1.54) is 7.11 Å². The summed E-state index contributed by atoms with van der Waals surface area (Å²) < 4.78 is 46.5. The van der Waals surface area contributed by atoms with Crippen molar-refractivity contribution in [1.29, 1.82) is 0 Å². The topological polar surface area (TPSA) is 44.5 Å². The third-order valence-electron chi connectivity index (χ3n) is 2.60. The van der Waals surface area contributed by atoms with Crippen LogP contribution >= 0.6 is 0 Å². The highest BCUT2D eigenvalue weighted by molar-refractivity contribution is 5.29. The first kappa shape index (κ1) is 15.8. The number of hydrogen-bond donors (Lipinski definition) is 1. The fourth-order valence-corrected chi connectivity index (χ4v) is 1.65. The lowest BCUT2D eigenvalue weighted by Gasteiger charge is -2.22. The summed E-state index contributed by atoms with van der Waals surface area (Å²) in [5.41, 5.74) is 6.49. The van der Waals surface area contributed by atoms with E-state index in [1.54, 1.807) is 31.2 Å². The number of benzene rings is 1. The van der Waals surface area contributed by atoms with Crippen LogP contribution in [0.2, 0.25) is 0 Å². The lowest BCUT2D eigenvalue weighted by Crippen LogP contribution is -2.28. The van der Waals surface area contributed by atoms with E-state index in [1.807, 2.05) is 0 Å². The van der Waals surface area contributed by atoms with Gasteiger partial charge in [-0.1, -0.05) is 12.1 Å². The van der Waals surface area contributed by atoms with Gasteiger partial charge in [-0.2, -0.15) is 13.2 Å². The Bertz CT molecular complexity index is 376. The molecule has 2 N–H and O–H groups in total. The summed E-state index contributed by atoms with van der Waals surface area (Å²) in [6, 6.07) is 6.51. The minimum absolute atomic E-state index is 0.401. The first-order valence-corrected chi connectivity index (χ1v) is 5.91. The number of nitrogens with two attached hydrogens (primary N) is 1. The molecular weight excluding hydrogens is 259 g/mol. The molecule has 1 rings (SSSR count). The van der Waals surface area contributed by atoms with E-state index in [0.29, 0.717) is 5.75 Å². The van der Waals surface area contributed by atoms with Crippen molar-refractivity contribution in [1.82, 2.24) is 0 Å². The fourth-order valence-electron chi connectivity index (χ4n) is 1.65. The summed E-state index contributed by atoms with van der Waals surface area (Å²) in [6.07, 6.45) is -5.76. The summed E-state index contributed by atoms with van der Waals surface area (Å²) in [7, 11) is 1.54. The maximum atomic E-state index is 12.1. The Morgan fingerprint density at radius 3 is 2.21 bits per heavy atom. The summed E-state index contributed by atoms with van der Waals surface area (Å²) in [5.74, 6) is 0.669. The number of methoxy groups -OCH3 is 1. The molecule has 0 bridgehead atoms. The zero-order chi connectivity index (χ0) is 14.5. The zero-order valence-electron chi connectivity index (χ0n) is 10.9. The average molecular weight is 277 g/mol. The van der Waals surface area contributed by atoms with Gasteiger partial charge in [0, 0.05) is 6.04 Å². The maximum absolute atomic E-state index is 12.1. The molecule has 3 nitrogen and oxygen atoms in total. The van der Waals surface area contributed by atoms with Gasteiger partial charge in [0.2, 0.25) is 0 Å². The molecule has 2 atom stereocenters. The Morgan fingerprint density at radius 1 is 1.21 bits per heavy atom. The van der Waals surface area contributed by atoms with Crippen LogP contribution < -0.4 is 10.5 Å². The van der Waals surface area contributed by atoms with E-state index in [0.717, 1.165) is 5.56 Å². The molecule has 0 aliphatic carbocycles. The average Bonchev–Trinajstić information content (AvgIpc) is 2.33. The minimum atomic E-state index is -4.22. The van der Waals surface area contributed by atoms with Gasteiger partial charge in [-0.25, -0.2) is 0 Å². The Labute approximate surface area is 110 Å². The molecule has 0 aromatic heterocycles. The molecule has 0 fully saturated rings. The lowest BCUT2D eigenvalue weighted by molar-refractivity contribution is -0.150. The highest BCUT2D eigenvalue weighted by Gasteiger charge is 2.28. The molecule has 0 aliphatic rings.